The summed E-state index contributed by atoms with van der Waals surface area (Å²) in [7, 11) is 0. The van der Waals surface area contributed by atoms with Gasteiger partial charge in [0, 0.05) is 0 Å². The lowest BCUT2D eigenvalue weighted by Crippen LogP contribution is -2.13. The van der Waals surface area contributed by atoms with E-state index in [4.69, 9.17) is 4.74 Å². The molecule has 3 aromatic rings. The third-order valence-electron chi connectivity index (χ3n) is 4.00. The zero-order valence-corrected chi connectivity index (χ0v) is 12.9. The third kappa shape index (κ3) is 3.34. The summed E-state index contributed by atoms with van der Waals surface area (Å²) in [6, 6.07) is 20.6. The molecule has 23 heavy (non-hydrogen) atoms. The first-order chi connectivity index (χ1) is 11.1. The van der Waals surface area contributed by atoms with Gasteiger partial charge in [-0.05, 0) is 41.0 Å². The van der Waals surface area contributed by atoms with Crippen molar-refractivity contribution in [3.05, 3.63) is 77.9 Å². The molecule has 1 atom stereocenters. The zero-order chi connectivity index (χ0) is 16.2. The highest BCUT2D eigenvalue weighted by molar-refractivity contribution is 5.86. The molecule has 0 radical (unpaired) electrons. The number of carbonyl (C=O) groups is 1. The molecular weight excluding hydrogens is 288 g/mol. The third-order valence-corrected chi connectivity index (χ3v) is 4.00. The van der Waals surface area contributed by atoms with Crippen LogP contribution in [0.2, 0.25) is 0 Å². The summed E-state index contributed by atoms with van der Waals surface area (Å²) in [6.07, 6.45) is 0. The Kier molecular flexibility index (Phi) is 4.29. The van der Waals surface area contributed by atoms with E-state index in [1.807, 2.05) is 42.5 Å². The van der Waals surface area contributed by atoms with Gasteiger partial charge in [0.05, 0.1) is 5.92 Å². The fourth-order valence-corrected chi connectivity index (χ4v) is 2.59. The molecule has 0 fully saturated rings. The number of fused-ring (bicyclic) bond motifs is 1. The SMILES string of the molecule is CC(C(=O)OCc1cccc2ccccc12)c1ccc(O)cc1. The van der Waals surface area contributed by atoms with Gasteiger partial charge in [-0.2, -0.15) is 0 Å². The Morgan fingerprint density at radius 3 is 2.48 bits per heavy atom. The van der Waals surface area contributed by atoms with Gasteiger partial charge in [-0.1, -0.05) is 54.6 Å². The lowest BCUT2D eigenvalue weighted by Gasteiger charge is -2.13. The van der Waals surface area contributed by atoms with E-state index in [0.717, 1.165) is 21.9 Å². The van der Waals surface area contributed by atoms with Crippen molar-refractivity contribution in [3.63, 3.8) is 0 Å². The quantitative estimate of drug-likeness (QED) is 0.727. The van der Waals surface area contributed by atoms with Crippen LogP contribution in [0, 0.1) is 0 Å². The number of benzene rings is 3. The molecule has 0 saturated heterocycles. The lowest BCUT2D eigenvalue weighted by atomic mass is 10.0. The highest BCUT2D eigenvalue weighted by Crippen LogP contribution is 2.22. The second kappa shape index (κ2) is 6.53. The fraction of sp³-hybridized carbons (Fsp3) is 0.150. The maximum Gasteiger partial charge on any atom is 0.313 e. The minimum Gasteiger partial charge on any atom is -0.508 e. The lowest BCUT2D eigenvalue weighted by molar-refractivity contribution is -0.146. The first-order valence-corrected chi connectivity index (χ1v) is 7.57. The molecule has 0 aromatic heterocycles. The number of hydrogen-bond donors (Lipinski definition) is 1. The van der Waals surface area contributed by atoms with Crippen molar-refractivity contribution in [2.45, 2.75) is 19.4 Å². The van der Waals surface area contributed by atoms with Crippen molar-refractivity contribution in [2.24, 2.45) is 0 Å². The van der Waals surface area contributed by atoms with Gasteiger partial charge in [-0.3, -0.25) is 4.79 Å². The number of rotatable bonds is 4. The molecule has 0 saturated carbocycles. The molecule has 0 aliphatic rings. The van der Waals surface area contributed by atoms with E-state index in [9.17, 15) is 9.90 Å². The second-order valence-corrected chi connectivity index (χ2v) is 5.56. The Hall–Kier alpha value is -2.81. The molecular formula is C20H18O3. The highest BCUT2D eigenvalue weighted by atomic mass is 16.5. The second-order valence-electron chi connectivity index (χ2n) is 5.56. The molecule has 0 amide bonds. The maximum absolute atomic E-state index is 12.3. The molecule has 0 spiro atoms. The van der Waals surface area contributed by atoms with E-state index in [0.29, 0.717) is 0 Å². The fourth-order valence-electron chi connectivity index (χ4n) is 2.59. The van der Waals surface area contributed by atoms with Crippen LogP contribution >= 0.6 is 0 Å². The summed E-state index contributed by atoms with van der Waals surface area (Å²) in [4.78, 5) is 12.3. The van der Waals surface area contributed by atoms with Crippen LogP contribution in [0.3, 0.4) is 0 Å². The molecule has 3 nitrogen and oxygen atoms in total. The Bertz CT molecular complexity index is 816. The molecule has 0 heterocycles. The van der Waals surface area contributed by atoms with Crippen LogP contribution in [0.25, 0.3) is 10.8 Å². The van der Waals surface area contributed by atoms with Crippen LogP contribution < -0.4 is 0 Å². The minimum absolute atomic E-state index is 0.185. The monoisotopic (exact) mass is 306 g/mol. The van der Waals surface area contributed by atoms with E-state index in [2.05, 4.69) is 0 Å². The van der Waals surface area contributed by atoms with Crippen LogP contribution in [0.1, 0.15) is 24.0 Å². The van der Waals surface area contributed by atoms with E-state index in [1.165, 1.54) is 0 Å². The topological polar surface area (TPSA) is 46.5 Å². The number of aromatic hydroxyl groups is 1. The van der Waals surface area contributed by atoms with Crippen LogP contribution in [-0.4, -0.2) is 11.1 Å². The summed E-state index contributed by atoms with van der Waals surface area (Å²) < 4.78 is 5.48. The van der Waals surface area contributed by atoms with Crippen molar-refractivity contribution in [1.29, 1.82) is 0 Å². The average Bonchev–Trinajstić information content (AvgIpc) is 2.59. The van der Waals surface area contributed by atoms with E-state index in [-0.39, 0.29) is 24.2 Å². The van der Waals surface area contributed by atoms with E-state index < -0.39 is 0 Å². The zero-order valence-electron chi connectivity index (χ0n) is 12.9. The number of phenols is 1. The first kappa shape index (κ1) is 15.1. The van der Waals surface area contributed by atoms with Crippen molar-refractivity contribution in [1.82, 2.24) is 0 Å². The van der Waals surface area contributed by atoms with Gasteiger partial charge in [0.2, 0.25) is 0 Å². The average molecular weight is 306 g/mol. The minimum atomic E-state index is -0.370. The van der Waals surface area contributed by atoms with Crippen molar-refractivity contribution in [3.8, 4) is 5.75 Å². The van der Waals surface area contributed by atoms with E-state index in [1.54, 1.807) is 31.2 Å². The van der Waals surface area contributed by atoms with Crippen LogP contribution in [0.15, 0.2) is 66.7 Å². The number of hydrogen-bond acceptors (Lipinski definition) is 3. The van der Waals surface area contributed by atoms with Crippen LogP contribution in [0.5, 0.6) is 5.75 Å². The number of phenolic OH excluding ortho intramolecular Hbond substituents is 1. The summed E-state index contributed by atoms with van der Waals surface area (Å²) in [6.45, 7) is 2.06. The number of esters is 1. The van der Waals surface area contributed by atoms with E-state index >= 15 is 0 Å². The summed E-state index contributed by atoms with van der Waals surface area (Å²) in [5.74, 6) is -0.459. The van der Waals surface area contributed by atoms with Gasteiger partial charge in [0.1, 0.15) is 12.4 Å². The molecule has 1 N–H and O–H groups in total. The molecule has 116 valence electrons. The van der Waals surface area contributed by atoms with Crippen LogP contribution in [0.4, 0.5) is 0 Å². The van der Waals surface area contributed by atoms with Crippen molar-refractivity contribution < 1.29 is 14.6 Å². The summed E-state index contributed by atoms with van der Waals surface area (Å²) in [5.41, 5.74) is 1.82. The summed E-state index contributed by atoms with van der Waals surface area (Å²) >= 11 is 0. The van der Waals surface area contributed by atoms with Crippen molar-refractivity contribution >= 4 is 16.7 Å². The molecule has 1 unspecified atom stereocenters. The number of carbonyl (C=O) groups excluding carboxylic acids is 1. The predicted octanol–water partition coefficient (Wildman–Crippen LogP) is 4.39. The molecule has 3 heteroatoms. The molecule has 3 rings (SSSR count). The summed E-state index contributed by atoms with van der Waals surface area (Å²) in [5, 5.41) is 11.5. The molecule has 0 aliphatic carbocycles. The number of ether oxygens (including phenoxy) is 1. The smallest absolute Gasteiger partial charge is 0.313 e. The molecule has 0 bridgehead atoms. The first-order valence-electron chi connectivity index (χ1n) is 7.57. The van der Waals surface area contributed by atoms with Gasteiger partial charge in [-0.15, -0.1) is 0 Å². The molecule has 3 aromatic carbocycles. The standard InChI is InChI=1S/C20H18O3/c1-14(15-9-11-18(21)12-10-15)20(22)23-13-17-7-4-6-16-5-2-3-8-19(16)17/h2-12,14,21H,13H2,1H3. The Balaban J connectivity index is 1.72. The maximum atomic E-state index is 12.3. The van der Waals surface area contributed by atoms with Gasteiger partial charge >= 0.3 is 5.97 Å². The Morgan fingerprint density at radius 2 is 1.70 bits per heavy atom. The van der Waals surface area contributed by atoms with Gasteiger partial charge in [0.25, 0.3) is 0 Å². The largest absolute Gasteiger partial charge is 0.508 e. The van der Waals surface area contributed by atoms with Gasteiger partial charge < -0.3 is 9.84 Å². The van der Waals surface area contributed by atoms with Crippen molar-refractivity contribution in [2.75, 3.05) is 0 Å². The predicted molar refractivity (Wildman–Crippen MR) is 90.3 cm³/mol. The Morgan fingerprint density at radius 1 is 1.00 bits per heavy atom. The van der Waals surface area contributed by atoms with Gasteiger partial charge in [-0.25, -0.2) is 0 Å². The highest BCUT2D eigenvalue weighted by Gasteiger charge is 2.17. The van der Waals surface area contributed by atoms with Gasteiger partial charge in [0.15, 0.2) is 0 Å². The Labute approximate surface area is 135 Å². The normalized spacial score (nSPS) is 12.0. The van der Waals surface area contributed by atoms with Crippen LogP contribution in [-0.2, 0) is 16.1 Å². The molecule has 0 aliphatic heterocycles.